The molecule has 2 unspecified atom stereocenters. The van der Waals surface area contributed by atoms with Crippen LogP contribution in [0.5, 0.6) is 0 Å². The monoisotopic (exact) mass is 298 g/mol. The van der Waals surface area contributed by atoms with Crippen molar-refractivity contribution in [3.63, 3.8) is 0 Å². The molecule has 0 amide bonds. The summed E-state index contributed by atoms with van der Waals surface area (Å²) < 4.78 is 1.04. The van der Waals surface area contributed by atoms with E-state index in [1.165, 1.54) is 0 Å². The highest BCUT2D eigenvalue weighted by Crippen LogP contribution is 2.31. The van der Waals surface area contributed by atoms with Crippen LogP contribution in [0.1, 0.15) is 13.3 Å². The Morgan fingerprint density at radius 3 is 2.94 bits per heavy atom. The van der Waals surface area contributed by atoms with Crippen molar-refractivity contribution in [1.29, 1.82) is 0 Å². The summed E-state index contributed by atoms with van der Waals surface area (Å²) in [5.41, 5.74) is 0.838. The third-order valence-electron chi connectivity index (χ3n) is 3.68. The zero-order valence-electron chi connectivity index (χ0n) is 10.0. The van der Waals surface area contributed by atoms with Crippen molar-refractivity contribution in [2.45, 2.75) is 18.9 Å². The number of rotatable bonds is 3. The summed E-state index contributed by atoms with van der Waals surface area (Å²) in [5, 5.41) is 16.6. The van der Waals surface area contributed by atoms with Gasteiger partial charge in [0.25, 0.3) is 0 Å². The van der Waals surface area contributed by atoms with Crippen molar-refractivity contribution in [2.75, 3.05) is 25.0 Å². The first-order valence-corrected chi connectivity index (χ1v) is 6.81. The van der Waals surface area contributed by atoms with Gasteiger partial charge >= 0.3 is 0 Å². The molecular formula is C13H19BrN2O. The Morgan fingerprint density at radius 2 is 2.29 bits per heavy atom. The highest BCUT2D eigenvalue weighted by Gasteiger charge is 2.37. The number of hydrogen-bond donors (Lipinski definition) is 3. The molecule has 1 saturated heterocycles. The van der Waals surface area contributed by atoms with Crippen LogP contribution in [0.3, 0.4) is 0 Å². The first-order chi connectivity index (χ1) is 8.18. The number of benzene rings is 1. The molecule has 3 N–H and O–H groups in total. The molecule has 0 aromatic heterocycles. The van der Waals surface area contributed by atoms with Crippen LogP contribution in [0.15, 0.2) is 28.7 Å². The first kappa shape index (κ1) is 12.9. The maximum Gasteiger partial charge on any atom is 0.0665 e. The molecule has 4 heteroatoms. The van der Waals surface area contributed by atoms with E-state index in [1.54, 1.807) is 0 Å². The van der Waals surface area contributed by atoms with E-state index in [0.717, 1.165) is 29.7 Å². The van der Waals surface area contributed by atoms with E-state index in [4.69, 9.17) is 0 Å². The van der Waals surface area contributed by atoms with Crippen LogP contribution in [0, 0.1) is 5.92 Å². The zero-order chi connectivity index (χ0) is 12.3. The minimum absolute atomic E-state index is 0.164. The molecule has 0 bridgehead atoms. The summed E-state index contributed by atoms with van der Waals surface area (Å²) in [4.78, 5) is 0. The summed E-state index contributed by atoms with van der Waals surface area (Å²) >= 11 is 3.54. The van der Waals surface area contributed by atoms with Gasteiger partial charge in [0.05, 0.1) is 12.1 Å². The van der Waals surface area contributed by atoms with Gasteiger partial charge in [-0.1, -0.05) is 19.1 Å². The maximum absolute atomic E-state index is 9.76. The van der Waals surface area contributed by atoms with E-state index < -0.39 is 0 Å². The zero-order valence-corrected chi connectivity index (χ0v) is 11.6. The smallest absolute Gasteiger partial charge is 0.0665 e. The summed E-state index contributed by atoms with van der Waals surface area (Å²) in [6, 6.07) is 8.05. The molecule has 0 saturated carbocycles. The molecular weight excluding hydrogens is 280 g/mol. The summed E-state index contributed by atoms with van der Waals surface area (Å²) in [5.74, 6) is 0.397. The van der Waals surface area contributed by atoms with E-state index in [-0.39, 0.29) is 12.1 Å². The number of aliphatic hydroxyl groups is 1. The van der Waals surface area contributed by atoms with E-state index in [2.05, 4.69) is 33.5 Å². The Morgan fingerprint density at radius 1 is 1.53 bits per heavy atom. The molecule has 0 spiro atoms. The van der Waals surface area contributed by atoms with Gasteiger partial charge in [-0.2, -0.15) is 0 Å². The lowest BCUT2D eigenvalue weighted by Gasteiger charge is -2.43. The minimum atomic E-state index is -0.213. The normalized spacial score (nSPS) is 29.0. The van der Waals surface area contributed by atoms with Gasteiger partial charge in [-0.05, 0) is 46.9 Å². The topological polar surface area (TPSA) is 44.3 Å². The molecule has 1 aliphatic rings. The maximum atomic E-state index is 9.76. The molecule has 94 valence electrons. The Balaban J connectivity index is 2.22. The van der Waals surface area contributed by atoms with Crippen molar-refractivity contribution >= 4 is 21.6 Å². The van der Waals surface area contributed by atoms with Crippen LogP contribution in [0.25, 0.3) is 0 Å². The molecule has 0 radical (unpaired) electrons. The fourth-order valence-electron chi connectivity index (χ4n) is 2.36. The SMILES string of the molecule is CC1CNCCC1(CO)Nc1ccccc1Br. The molecule has 2 rings (SSSR count). The number of piperidine rings is 1. The summed E-state index contributed by atoms with van der Waals surface area (Å²) in [6.07, 6.45) is 0.937. The van der Waals surface area contributed by atoms with Crippen molar-refractivity contribution < 1.29 is 5.11 Å². The van der Waals surface area contributed by atoms with E-state index in [9.17, 15) is 5.11 Å². The second kappa shape index (κ2) is 5.38. The molecule has 2 atom stereocenters. The molecule has 17 heavy (non-hydrogen) atoms. The van der Waals surface area contributed by atoms with Gasteiger partial charge in [-0.25, -0.2) is 0 Å². The predicted molar refractivity (Wildman–Crippen MR) is 74.2 cm³/mol. The van der Waals surface area contributed by atoms with Crippen LogP contribution < -0.4 is 10.6 Å². The number of aliphatic hydroxyl groups excluding tert-OH is 1. The Labute approximate surface area is 111 Å². The van der Waals surface area contributed by atoms with Gasteiger partial charge in [0, 0.05) is 16.7 Å². The van der Waals surface area contributed by atoms with Gasteiger partial charge in [0.1, 0.15) is 0 Å². The first-order valence-electron chi connectivity index (χ1n) is 6.02. The number of anilines is 1. The Hall–Kier alpha value is -0.580. The number of para-hydroxylation sites is 1. The number of hydrogen-bond acceptors (Lipinski definition) is 3. The van der Waals surface area contributed by atoms with E-state index in [0.29, 0.717) is 5.92 Å². The molecule has 1 fully saturated rings. The van der Waals surface area contributed by atoms with Crippen LogP contribution in [0.4, 0.5) is 5.69 Å². The Bertz CT molecular complexity index is 385. The van der Waals surface area contributed by atoms with Crippen LogP contribution in [0.2, 0.25) is 0 Å². The average Bonchev–Trinajstić information content (AvgIpc) is 2.35. The van der Waals surface area contributed by atoms with Gasteiger partial charge < -0.3 is 15.7 Å². The van der Waals surface area contributed by atoms with Crippen molar-refractivity contribution in [1.82, 2.24) is 5.32 Å². The number of halogens is 1. The van der Waals surface area contributed by atoms with Crippen LogP contribution in [-0.2, 0) is 0 Å². The quantitative estimate of drug-likeness (QED) is 0.802. The van der Waals surface area contributed by atoms with Crippen LogP contribution >= 0.6 is 15.9 Å². The molecule has 1 aliphatic heterocycles. The lowest BCUT2D eigenvalue weighted by Crippen LogP contribution is -2.56. The second-order valence-corrected chi connectivity index (χ2v) is 5.63. The third-order valence-corrected chi connectivity index (χ3v) is 4.37. The second-order valence-electron chi connectivity index (χ2n) is 4.77. The highest BCUT2D eigenvalue weighted by molar-refractivity contribution is 9.10. The lowest BCUT2D eigenvalue weighted by atomic mass is 9.80. The molecule has 1 aromatic carbocycles. The molecule has 3 nitrogen and oxygen atoms in total. The summed E-state index contributed by atoms with van der Waals surface area (Å²) in [7, 11) is 0. The van der Waals surface area contributed by atoms with E-state index in [1.807, 2.05) is 24.3 Å². The van der Waals surface area contributed by atoms with Gasteiger partial charge in [-0.15, -0.1) is 0 Å². The standard InChI is InChI=1S/C13H19BrN2O/c1-10-8-15-7-6-13(10,9-17)16-12-5-3-2-4-11(12)14/h2-5,10,15-17H,6-9H2,1H3. The van der Waals surface area contributed by atoms with Gasteiger partial charge in [0.15, 0.2) is 0 Å². The van der Waals surface area contributed by atoms with Gasteiger partial charge in [0.2, 0.25) is 0 Å². The molecule has 1 heterocycles. The lowest BCUT2D eigenvalue weighted by molar-refractivity contribution is 0.135. The molecule has 0 aliphatic carbocycles. The Kier molecular flexibility index (Phi) is 4.07. The van der Waals surface area contributed by atoms with Crippen LogP contribution in [-0.4, -0.2) is 30.3 Å². The number of nitrogens with one attached hydrogen (secondary N) is 2. The fraction of sp³-hybridized carbons (Fsp3) is 0.538. The highest BCUT2D eigenvalue weighted by atomic mass is 79.9. The predicted octanol–water partition coefficient (Wildman–Crippen LogP) is 2.22. The average molecular weight is 299 g/mol. The van der Waals surface area contributed by atoms with Gasteiger partial charge in [-0.3, -0.25) is 0 Å². The largest absolute Gasteiger partial charge is 0.394 e. The summed E-state index contributed by atoms with van der Waals surface area (Å²) in [6.45, 7) is 4.23. The third kappa shape index (κ3) is 2.64. The minimum Gasteiger partial charge on any atom is -0.394 e. The molecule has 1 aromatic rings. The van der Waals surface area contributed by atoms with Crippen molar-refractivity contribution in [2.24, 2.45) is 5.92 Å². The fourth-order valence-corrected chi connectivity index (χ4v) is 2.75. The van der Waals surface area contributed by atoms with Crippen molar-refractivity contribution in [3.05, 3.63) is 28.7 Å². The van der Waals surface area contributed by atoms with E-state index >= 15 is 0 Å². The van der Waals surface area contributed by atoms with Crippen molar-refractivity contribution in [3.8, 4) is 0 Å².